The first kappa shape index (κ1) is 30.3. The number of carbonyl (C=O) groups is 2. The number of nitrogens with zero attached hydrogens (tertiary/aromatic N) is 5. The van der Waals surface area contributed by atoms with Crippen LogP contribution in [0, 0.1) is 12.7 Å². The van der Waals surface area contributed by atoms with Gasteiger partial charge in [0.2, 0.25) is 5.91 Å². The number of amides is 2. The number of benzene rings is 2. The minimum atomic E-state index is -2.54. The Bertz CT molecular complexity index is 1390. The number of carbonyl (C=O) groups excluding carboxylic acids is 2. The van der Waals surface area contributed by atoms with E-state index in [1.807, 2.05) is 31.8 Å². The molecule has 222 valence electrons. The molecule has 2 aromatic carbocycles. The predicted octanol–water partition coefficient (Wildman–Crippen LogP) is 3.23. The number of anilines is 1. The van der Waals surface area contributed by atoms with Gasteiger partial charge in [-0.1, -0.05) is 19.9 Å². The summed E-state index contributed by atoms with van der Waals surface area (Å²) >= 11 is 0. The summed E-state index contributed by atoms with van der Waals surface area (Å²) in [5.74, 6) is -0.825. The van der Waals surface area contributed by atoms with Gasteiger partial charge in [-0.05, 0) is 60.8 Å². The third-order valence-electron chi connectivity index (χ3n) is 7.35. The lowest BCUT2D eigenvalue weighted by molar-refractivity contribution is -0.145. The zero-order valence-corrected chi connectivity index (χ0v) is 24.0. The molecule has 1 aromatic heterocycles. The maximum atomic E-state index is 13.7. The fourth-order valence-corrected chi connectivity index (χ4v) is 5.23. The predicted molar refractivity (Wildman–Crippen MR) is 152 cm³/mol. The SMILES string of the molecule is CCNCCNC(=O)CN(CC(=O)N(C)N1Cc2ccc(F)cc2C1)c1cc2nn(CC(F)F)c(CC)c2cc1C. The highest BCUT2D eigenvalue weighted by Gasteiger charge is 2.28. The summed E-state index contributed by atoms with van der Waals surface area (Å²) in [4.78, 5) is 28.2. The maximum Gasteiger partial charge on any atom is 0.257 e. The molecule has 0 saturated carbocycles. The van der Waals surface area contributed by atoms with Crippen LogP contribution in [-0.2, 0) is 35.6 Å². The molecule has 0 spiro atoms. The van der Waals surface area contributed by atoms with E-state index in [1.54, 1.807) is 24.1 Å². The van der Waals surface area contributed by atoms with Crippen molar-refractivity contribution in [1.82, 2.24) is 30.4 Å². The Morgan fingerprint density at radius 1 is 1.07 bits per heavy atom. The molecule has 0 saturated heterocycles. The van der Waals surface area contributed by atoms with E-state index >= 15 is 0 Å². The molecule has 0 atom stereocenters. The lowest BCUT2D eigenvalue weighted by Gasteiger charge is -2.32. The highest BCUT2D eigenvalue weighted by atomic mass is 19.3. The van der Waals surface area contributed by atoms with Gasteiger partial charge >= 0.3 is 0 Å². The lowest BCUT2D eigenvalue weighted by Crippen LogP contribution is -2.48. The second kappa shape index (κ2) is 13.3. The highest BCUT2D eigenvalue weighted by Crippen LogP contribution is 2.30. The lowest BCUT2D eigenvalue weighted by atomic mass is 10.1. The largest absolute Gasteiger partial charge is 0.353 e. The summed E-state index contributed by atoms with van der Waals surface area (Å²) in [6, 6.07) is 8.26. The van der Waals surface area contributed by atoms with Crippen molar-refractivity contribution in [3.63, 3.8) is 0 Å². The number of hydrogen-bond donors (Lipinski definition) is 2. The van der Waals surface area contributed by atoms with E-state index in [9.17, 15) is 22.8 Å². The Labute approximate surface area is 238 Å². The number of aryl methyl sites for hydroxylation is 2. The monoisotopic (exact) mass is 573 g/mol. The molecule has 2 N–H and O–H groups in total. The number of fused-ring (bicyclic) bond motifs is 2. The summed E-state index contributed by atoms with van der Waals surface area (Å²) in [5.41, 5.74) is 4.44. The van der Waals surface area contributed by atoms with Crippen molar-refractivity contribution in [2.45, 2.75) is 53.3 Å². The molecule has 0 radical (unpaired) electrons. The second-order valence-electron chi connectivity index (χ2n) is 10.2. The van der Waals surface area contributed by atoms with Crippen LogP contribution in [0.25, 0.3) is 10.9 Å². The normalized spacial score (nSPS) is 13.2. The van der Waals surface area contributed by atoms with Crippen LogP contribution >= 0.6 is 0 Å². The number of halogens is 3. The summed E-state index contributed by atoms with van der Waals surface area (Å²) < 4.78 is 41.5. The molecule has 4 rings (SSSR count). The first-order chi connectivity index (χ1) is 19.6. The Balaban J connectivity index is 1.59. The standard InChI is InChI=1S/C29H38F3N7O2/c1-5-25-23-11-19(3)26(13-24(23)35-39(25)16-27(31)32)37(17-28(40)34-10-9-33-6-2)18-29(41)36(4)38-14-20-7-8-22(30)12-21(20)15-38/h7-8,11-13,27,33H,5-6,9-10,14-18H2,1-4H3,(H,34,40). The van der Waals surface area contributed by atoms with Gasteiger partial charge in [-0.3, -0.25) is 19.3 Å². The number of hydrazine groups is 1. The smallest absolute Gasteiger partial charge is 0.257 e. The van der Waals surface area contributed by atoms with E-state index in [0.717, 1.165) is 28.6 Å². The van der Waals surface area contributed by atoms with Crippen LogP contribution in [0.15, 0.2) is 30.3 Å². The number of likely N-dealkylation sites (N-methyl/N-ethyl adjacent to an activating group) is 2. The number of rotatable bonds is 13. The Morgan fingerprint density at radius 3 is 2.54 bits per heavy atom. The number of aromatic nitrogens is 2. The van der Waals surface area contributed by atoms with Crippen LogP contribution in [0.5, 0.6) is 0 Å². The van der Waals surface area contributed by atoms with Crippen LogP contribution < -0.4 is 15.5 Å². The van der Waals surface area contributed by atoms with E-state index in [-0.39, 0.29) is 30.7 Å². The quantitative estimate of drug-likeness (QED) is 0.306. The van der Waals surface area contributed by atoms with Gasteiger partial charge in [-0.15, -0.1) is 0 Å². The van der Waals surface area contributed by atoms with Crippen LogP contribution in [0.2, 0.25) is 0 Å². The minimum Gasteiger partial charge on any atom is -0.353 e. The minimum absolute atomic E-state index is 0.0815. The van der Waals surface area contributed by atoms with Crippen molar-refractivity contribution in [3.8, 4) is 0 Å². The average molecular weight is 574 g/mol. The second-order valence-corrected chi connectivity index (χ2v) is 10.2. The molecule has 12 heteroatoms. The van der Waals surface area contributed by atoms with Crippen molar-refractivity contribution in [3.05, 3.63) is 58.5 Å². The molecule has 2 amide bonds. The Hall–Kier alpha value is -3.64. The van der Waals surface area contributed by atoms with E-state index in [1.165, 1.54) is 21.8 Å². The molecule has 3 aromatic rings. The van der Waals surface area contributed by atoms with Crippen molar-refractivity contribution in [1.29, 1.82) is 0 Å². The third-order valence-corrected chi connectivity index (χ3v) is 7.35. The zero-order chi connectivity index (χ0) is 29.7. The van der Waals surface area contributed by atoms with Gasteiger partial charge in [0.15, 0.2) is 0 Å². The molecule has 0 unspecified atom stereocenters. The van der Waals surface area contributed by atoms with Crippen LogP contribution in [0.1, 0.15) is 36.2 Å². The summed E-state index contributed by atoms with van der Waals surface area (Å²) in [6.45, 7) is 7.75. The van der Waals surface area contributed by atoms with Gasteiger partial charge in [0.1, 0.15) is 12.4 Å². The number of nitrogens with one attached hydrogen (secondary N) is 2. The van der Waals surface area contributed by atoms with E-state index in [2.05, 4.69) is 15.7 Å². The molecule has 9 nitrogen and oxygen atoms in total. The first-order valence-electron chi connectivity index (χ1n) is 13.9. The summed E-state index contributed by atoms with van der Waals surface area (Å²) in [6.07, 6.45) is -2.01. The van der Waals surface area contributed by atoms with Crippen LogP contribution in [-0.4, -0.2) is 77.8 Å². The van der Waals surface area contributed by atoms with Gasteiger partial charge in [-0.2, -0.15) is 5.10 Å². The fourth-order valence-electron chi connectivity index (χ4n) is 5.23. The average Bonchev–Trinajstić information content (AvgIpc) is 3.49. The van der Waals surface area contributed by atoms with Crippen molar-refractivity contribution in [2.24, 2.45) is 0 Å². The maximum absolute atomic E-state index is 13.7. The van der Waals surface area contributed by atoms with Crippen molar-refractivity contribution in [2.75, 3.05) is 44.7 Å². The van der Waals surface area contributed by atoms with Crippen molar-refractivity contribution < 1.29 is 22.8 Å². The topological polar surface area (TPSA) is 85.7 Å². The molecule has 0 fully saturated rings. The van der Waals surface area contributed by atoms with Gasteiger partial charge in [0, 0.05) is 50.0 Å². The Kier molecular flexibility index (Phi) is 9.87. The molecule has 41 heavy (non-hydrogen) atoms. The summed E-state index contributed by atoms with van der Waals surface area (Å²) in [7, 11) is 1.66. The molecule has 2 heterocycles. The van der Waals surface area contributed by atoms with Gasteiger partial charge in [-0.25, -0.2) is 18.2 Å². The molecule has 0 bridgehead atoms. The van der Waals surface area contributed by atoms with Gasteiger partial charge < -0.3 is 15.5 Å². The van der Waals surface area contributed by atoms with E-state index in [0.29, 0.717) is 49.5 Å². The summed E-state index contributed by atoms with van der Waals surface area (Å²) in [5, 5.41) is 14.6. The third kappa shape index (κ3) is 7.17. The zero-order valence-electron chi connectivity index (χ0n) is 24.0. The molecule has 1 aliphatic heterocycles. The Morgan fingerprint density at radius 2 is 1.83 bits per heavy atom. The fraction of sp³-hybridized carbons (Fsp3) is 0.483. The van der Waals surface area contributed by atoms with E-state index < -0.39 is 13.0 Å². The highest BCUT2D eigenvalue weighted by molar-refractivity contribution is 5.91. The number of alkyl halides is 2. The number of hydrogen-bond acceptors (Lipinski definition) is 6. The molecule has 0 aliphatic carbocycles. The van der Waals surface area contributed by atoms with Gasteiger partial charge in [0.25, 0.3) is 12.3 Å². The van der Waals surface area contributed by atoms with Crippen molar-refractivity contribution >= 4 is 28.4 Å². The van der Waals surface area contributed by atoms with Crippen LogP contribution in [0.3, 0.4) is 0 Å². The van der Waals surface area contributed by atoms with Gasteiger partial charge in [0.05, 0.1) is 18.6 Å². The molecular formula is C29H38F3N7O2. The van der Waals surface area contributed by atoms with Crippen LogP contribution in [0.4, 0.5) is 18.9 Å². The van der Waals surface area contributed by atoms with E-state index in [4.69, 9.17) is 0 Å². The first-order valence-corrected chi connectivity index (χ1v) is 13.9. The molecular weight excluding hydrogens is 535 g/mol. The molecule has 1 aliphatic rings.